The Labute approximate surface area is 177 Å². The molecule has 3 unspecified atom stereocenters. The van der Waals surface area contributed by atoms with E-state index in [0.29, 0.717) is 30.5 Å². The summed E-state index contributed by atoms with van der Waals surface area (Å²) in [6, 6.07) is 14.3. The van der Waals surface area contributed by atoms with Gasteiger partial charge in [0.25, 0.3) is 0 Å². The lowest BCUT2D eigenvalue weighted by Crippen LogP contribution is -2.42. The van der Waals surface area contributed by atoms with Crippen molar-refractivity contribution in [2.45, 2.75) is 38.2 Å². The number of ether oxygens (including phenoxy) is 1. The Morgan fingerprint density at radius 3 is 2.07 bits per heavy atom. The Hall–Kier alpha value is -2.51. The van der Waals surface area contributed by atoms with E-state index in [9.17, 15) is 18.0 Å². The minimum absolute atomic E-state index is 0.147. The van der Waals surface area contributed by atoms with Gasteiger partial charge in [0.2, 0.25) is 15.8 Å². The van der Waals surface area contributed by atoms with Gasteiger partial charge in [-0.05, 0) is 49.4 Å². The van der Waals surface area contributed by atoms with Crippen molar-refractivity contribution in [1.29, 1.82) is 0 Å². The molecule has 1 aliphatic heterocycles. The molecule has 0 amide bonds. The number of rotatable bonds is 6. The molecule has 30 heavy (non-hydrogen) atoms. The van der Waals surface area contributed by atoms with Gasteiger partial charge in [0.15, 0.2) is 6.10 Å². The van der Waals surface area contributed by atoms with Gasteiger partial charge in [0.1, 0.15) is 0 Å². The van der Waals surface area contributed by atoms with Crippen LogP contribution in [0.25, 0.3) is 0 Å². The molecule has 3 rings (SSSR count). The third-order valence-electron chi connectivity index (χ3n) is 5.27. The summed E-state index contributed by atoms with van der Waals surface area (Å²) in [6.07, 6.45) is 0.0658. The van der Waals surface area contributed by atoms with E-state index >= 15 is 0 Å². The average Bonchev–Trinajstić information content (AvgIpc) is 2.73. The summed E-state index contributed by atoms with van der Waals surface area (Å²) in [4.78, 5) is 24.9. The second kappa shape index (κ2) is 9.10. The number of ketones is 1. The molecule has 1 heterocycles. The van der Waals surface area contributed by atoms with E-state index in [1.165, 1.54) is 35.5 Å². The fourth-order valence-corrected chi connectivity index (χ4v) is 5.51. The molecule has 2 aromatic carbocycles. The van der Waals surface area contributed by atoms with Crippen molar-refractivity contribution in [3.63, 3.8) is 0 Å². The van der Waals surface area contributed by atoms with Gasteiger partial charge in [0, 0.05) is 18.7 Å². The highest BCUT2D eigenvalue weighted by molar-refractivity contribution is 7.89. The predicted octanol–water partition coefficient (Wildman–Crippen LogP) is 3.78. The summed E-state index contributed by atoms with van der Waals surface area (Å²) in [5, 5.41) is 0. The maximum atomic E-state index is 12.9. The molecule has 0 aromatic heterocycles. The van der Waals surface area contributed by atoms with E-state index < -0.39 is 22.1 Å². The predicted molar refractivity (Wildman–Crippen MR) is 114 cm³/mol. The van der Waals surface area contributed by atoms with Crippen LogP contribution in [0.3, 0.4) is 0 Å². The van der Waals surface area contributed by atoms with Crippen LogP contribution >= 0.6 is 0 Å². The van der Waals surface area contributed by atoms with E-state index in [1.54, 1.807) is 30.3 Å². The molecule has 0 saturated carbocycles. The number of hydrogen-bond acceptors (Lipinski definition) is 5. The molecule has 160 valence electrons. The maximum absolute atomic E-state index is 12.9. The Bertz CT molecular complexity index is 992. The van der Waals surface area contributed by atoms with Crippen molar-refractivity contribution in [1.82, 2.24) is 4.31 Å². The number of benzene rings is 2. The number of carbonyl (C=O) groups excluding carboxylic acids is 2. The third kappa shape index (κ3) is 4.96. The number of nitrogens with zero attached hydrogens (tertiary/aromatic N) is 1. The summed E-state index contributed by atoms with van der Waals surface area (Å²) in [5.74, 6) is -0.352. The summed E-state index contributed by atoms with van der Waals surface area (Å²) in [7, 11) is -3.62. The zero-order valence-electron chi connectivity index (χ0n) is 17.4. The van der Waals surface area contributed by atoms with Crippen molar-refractivity contribution in [2.75, 3.05) is 13.1 Å². The second-order valence-electron chi connectivity index (χ2n) is 8.07. The van der Waals surface area contributed by atoms with Crippen LogP contribution in [0.4, 0.5) is 0 Å². The van der Waals surface area contributed by atoms with Gasteiger partial charge in [-0.15, -0.1) is 0 Å². The molecule has 6 nitrogen and oxygen atoms in total. The molecule has 1 fully saturated rings. The van der Waals surface area contributed by atoms with Crippen LogP contribution in [0, 0.1) is 11.8 Å². The van der Waals surface area contributed by atoms with E-state index in [4.69, 9.17) is 4.74 Å². The normalized spacial score (nSPS) is 21.0. The molecule has 1 saturated heterocycles. The molecule has 7 heteroatoms. The highest BCUT2D eigenvalue weighted by Crippen LogP contribution is 2.27. The summed E-state index contributed by atoms with van der Waals surface area (Å²) < 4.78 is 32.7. The average molecular weight is 430 g/mol. The fourth-order valence-electron chi connectivity index (χ4n) is 3.83. The van der Waals surface area contributed by atoms with E-state index in [-0.39, 0.29) is 16.2 Å². The molecule has 0 spiro atoms. The van der Waals surface area contributed by atoms with Crippen molar-refractivity contribution in [2.24, 2.45) is 11.8 Å². The molecule has 0 bridgehead atoms. The minimum Gasteiger partial charge on any atom is -0.451 e. The van der Waals surface area contributed by atoms with Crippen LogP contribution in [0.2, 0.25) is 0 Å². The number of sulfonamides is 1. The topological polar surface area (TPSA) is 80.8 Å². The smallest absolute Gasteiger partial charge is 0.338 e. The third-order valence-corrected chi connectivity index (χ3v) is 7.12. The lowest BCUT2D eigenvalue weighted by atomic mass is 9.94. The molecule has 1 aliphatic rings. The quantitative estimate of drug-likeness (QED) is 0.516. The number of esters is 1. The zero-order chi connectivity index (χ0) is 21.9. The van der Waals surface area contributed by atoms with E-state index in [2.05, 4.69) is 13.8 Å². The summed E-state index contributed by atoms with van der Waals surface area (Å²) >= 11 is 0. The molecular formula is C23H27NO5S. The Morgan fingerprint density at radius 1 is 0.933 bits per heavy atom. The number of piperidine rings is 1. The maximum Gasteiger partial charge on any atom is 0.338 e. The van der Waals surface area contributed by atoms with Gasteiger partial charge >= 0.3 is 5.97 Å². The summed E-state index contributed by atoms with van der Waals surface area (Å²) in [6.45, 7) is 6.61. The lowest BCUT2D eigenvalue weighted by molar-refractivity contribution is 0.0318. The standard InChI is InChI=1S/C23H27NO5S/c1-16-13-17(2)15-24(14-16)30(27,28)21-11-9-20(10-12-21)23(26)29-18(3)22(25)19-7-5-4-6-8-19/h4-12,16-18H,13-15H2,1-3H3. The zero-order valence-corrected chi connectivity index (χ0v) is 18.3. The minimum atomic E-state index is -3.62. The number of Topliss-reactive ketones (excluding diaryl/α,β-unsaturated/α-hetero) is 1. The van der Waals surface area contributed by atoms with Gasteiger partial charge in [-0.3, -0.25) is 4.79 Å². The highest BCUT2D eigenvalue weighted by atomic mass is 32.2. The second-order valence-corrected chi connectivity index (χ2v) is 10.0. The molecule has 2 aromatic rings. The molecule has 0 aliphatic carbocycles. The van der Waals surface area contributed by atoms with Crippen molar-refractivity contribution >= 4 is 21.8 Å². The van der Waals surface area contributed by atoms with Crippen LogP contribution in [-0.2, 0) is 14.8 Å². The monoisotopic (exact) mass is 429 g/mol. The van der Waals surface area contributed by atoms with Crippen LogP contribution < -0.4 is 0 Å². The van der Waals surface area contributed by atoms with Crippen molar-refractivity contribution in [3.8, 4) is 0 Å². The lowest BCUT2D eigenvalue weighted by Gasteiger charge is -2.34. The van der Waals surface area contributed by atoms with Gasteiger partial charge in [-0.1, -0.05) is 44.2 Å². The van der Waals surface area contributed by atoms with Crippen LogP contribution in [0.5, 0.6) is 0 Å². The van der Waals surface area contributed by atoms with Crippen LogP contribution in [0.15, 0.2) is 59.5 Å². The summed E-state index contributed by atoms with van der Waals surface area (Å²) in [5.41, 5.74) is 0.659. The van der Waals surface area contributed by atoms with Crippen LogP contribution in [-0.4, -0.2) is 43.7 Å². The molecule has 0 radical (unpaired) electrons. The SMILES string of the molecule is CC1CC(C)CN(S(=O)(=O)c2ccc(C(=O)OC(C)C(=O)c3ccccc3)cc2)C1. The van der Waals surface area contributed by atoms with Crippen molar-refractivity contribution < 1.29 is 22.7 Å². The first-order valence-corrected chi connectivity index (χ1v) is 11.5. The van der Waals surface area contributed by atoms with Crippen LogP contribution in [0.1, 0.15) is 47.9 Å². The number of carbonyl (C=O) groups is 2. The largest absolute Gasteiger partial charge is 0.451 e. The van der Waals surface area contributed by atoms with Gasteiger partial charge in [-0.2, -0.15) is 4.31 Å². The number of hydrogen-bond donors (Lipinski definition) is 0. The molecular weight excluding hydrogens is 402 g/mol. The van der Waals surface area contributed by atoms with E-state index in [1.807, 2.05) is 0 Å². The first kappa shape index (κ1) is 22.2. The van der Waals surface area contributed by atoms with Crippen molar-refractivity contribution in [3.05, 3.63) is 65.7 Å². The Kier molecular flexibility index (Phi) is 6.73. The fraction of sp³-hybridized carbons (Fsp3) is 0.391. The Morgan fingerprint density at radius 2 is 1.50 bits per heavy atom. The van der Waals surface area contributed by atoms with E-state index in [0.717, 1.165) is 6.42 Å². The van der Waals surface area contributed by atoms with Gasteiger partial charge in [-0.25, -0.2) is 13.2 Å². The molecule has 3 atom stereocenters. The first-order chi connectivity index (χ1) is 14.2. The molecule has 0 N–H and O–H groups in total. The Balaban J connectivity index is 1.69. The first-order valence-electron chi connectivity index (χ1n) is 10.1. The van der Waals surface area contributed by atoms with Gasteiger partial charge in [0.05, 0.1) is 10.5 Å². The highest BCUT2D eigenvalue weighted by Gasteiger charge is 2.31. The van der Waals surface area contributed by atoms with Gasteiger partial charge < -0.3 is 4.74 Å².